The van der Waals surface area contributed by atoms with Gasteiger partial charge in [-0.25, -0.2) is 4.79 Å². The van der Waals surface area contributed by atoms with Gasteiger partial charge in [-0.1, -0.05) is 73.9 Å². The summed E-state index contributed by atoms with van der Waals surface area (Å²) in [4.78, 5) is 24.2. The first-order valence-corrected chi connectivity index (χ1v) is 13.0. The lowest BCUT2D eigenvalue weighted by Gasteiger charge is -2.29. The molecule has 8 heteroatoms. The van der Waals surface area contributed by atoms with E-state index < -0.39 is 5.54 Å². The quantitative estimate of drug-likeness (QED) is 0.431. The summed E-state index contributed by atoms with van der Waals surface area (Å²) in [5.74, 6) is 0.250. The molecule has 1 aromatic heterocycles. The number of ether oxygens (including phenoxy) is 1. The van der Waals surface area contributed by atoms with Crippen molar-refractivity contribution in [3.05, 3.63) is 66.2 Å². The normalized spacial score (nSPS) is 13.6. The lowest BCUT2D eigenvalue weighted by molar-refractivity contribution is -0.114. The fraction of sp³-hybridized carbons (Fsp3) is 0.400. The van der Waals surface area contributed by atoms with Crippen LogP contribution in [0.2, 0.25) is 0 Å². The number of hydrogen-bond acceptors (Lipinski definition) is 6. The molecular formula is C30H39N5O3. The summed E-state index contributed by atoms with van der Waals surface area (Å²) < 4.78 is 4.65. The van der Waals surface area contributed by atoms with Crippen LogP contribution in [0, 0.1) is 0 Å². The highest BCUT2D eigenvalue weighted by molar-refractivity contribution is 5.90. The predicted molar refractivity (Wildman–Crippen MR) is 151 cm³/mol. The topological polar surface area (TPSA) is 110 Å². The minimum atomic E-state index is -0.401. The first-order chi connectivity index (χ1) is 18.1. The Morgan fingerprint density at radius 3 is 2.16 bits per heavy atom. The molecule has 0 unspecified atom stereocenters. The molecule has 0 spiro atoms. The minimum absolute atomic E-state index is 0.180. The van der Waals surface area contributed by atoms with Crippen LogP contribution in [0.25, 0.3) is 22.4 Å². The molecular weight excluding hydrogens is 478 g/mol. The SMILES string of the molecule is CC(=O)Nc1cc(-c2ccccc2)c(-c2ccc(C(C)(C)N)cc2)nn1.COC(=O)N(C)C1CCCCC1. The van der Waals surface area contributed by atoms with Crippen molar-refractivity contribution in [2.45, 2.75) is 64.5 Å². The first-order valence-electron chi connectivity index (χ1n) is 13.0. The zero-order valence-electron chi connectivity index (χ0n) is 23.0. The van der Waals surface area contributed by atoms with Gasteiger partial charge in [0, 0.05) is 36.7 Å². The standard InChI is InChI=1S/C21H22N4O.C9H17NO2/c1-14(26)23-19-13-18(15-7-5-4-6-8-15)20(25-24-19)16-9-11-17(12-10-16)21(2,3)22;1-10(9(11)12-2)8-6-4-3-5-7-8/h4-13H,22H2,1-3H3,(H,23,24,26);8H,3-7H2,1-2H3. The summed E-state index contributed by atoms with van der Waals surface area (Å²) in [5.41, 5.74) is 10.4. The number of hydrogen-bond donors (Lipinski definition) is 2. The number of rotatable bonds is 5. The number of benzene rings is 2. The Balaban J connectivity index is 0.000000279. The second-order valence-electron chi connectivity index (χ2n) is 10.2. The van der Waals surface area contributed by atoms with Gasteiger partial charge in [0.1, 0.15) is 5.69 Å². The van der Waals surface area contributed by atoms with Gasteiger partial charge >= 0.3 is 6.09 Å². The third-order valence-electron chi connectivity index (χ3n) is 6.67. The van der Waals surface area contributed by atoms with Gasteiger partial charge in [0.2, 0.25) is 5.91 Å². The zero-order valence-corrected chi connectivity index (χ0v) is 23.0. The molecule has 4 rings (SSSR count). The molecule has 2 amide bonds. The molecule has 202 valence electrons. The smallest absolute Gasteiger partial charge is 0.409 e. The fourth-order valence-electron chi connectivity index (χ4n) is 4.50. The average Bonchev–Trinajstić information content (AvgIpc) is 2.93. The molecule has 0 saturated heterocycles. The molecule has 0 aliphatic heterocycles. The number of amides is 2. The van der Waals surface area contributed by atoms with Crippen LogP contribution in [0.4, 0.5) is 10.6 Å². The Morgan fingerprint density at radius 1 is 0.974 bits per heavy atom. The second kappa shape index (κ2) is 13.1. The number of carbonyl (C=O) groups is 2. The van der Waals surface area contributed by atoms with E-state index in [1.54, 1.807) is 4.90 Å². The molecule has 1 heterocycles. The Kier molecular flexibility index (Phi) is 9.96. The molecule has 0 atom stereocenters. The fourth-order valence-corrected chi connectivity index (χ4v) is 4.50. The van der Waals surface area contributed by atoms with Crippen molar-refractivity contribution >= 4 is 17.8 Å². The molecule has 1 fully saturated rings. The summed E-state index contributed by atoms with van der Waals surface area (Å²) in [6.45, 7) is 5.39. The lowest BCUT2D eigenvalue weighted by atomic mass is 9.93. The summed E-state index contributed by atoms with van der Waals surface area (Å²) in [5, 5.41) is 11.2. The van der Waals surface area contributed by atoms with E-state index in [1.807, 2.05) is 81.6 Å². The molecule has 3 aromatic rings. The van der Waals surface area contributed by atoms with Gasteiger partial charge in [-0.2, -0.15) is 0 Å². The molecule has 2 aromatic carbocycles. The van der Waals surface area contributed by atoms with Crippen LogP contribution in [-0.2, 0) is 15.1 Å². The number of aromatic nitrogens is 2. The van der Waals surface area contributed by atoms with E-state index in [-0.39, 0.29) is 12.0 Å². The van der Waals surface area contributed by atoms with Crippen LogP contribution < -0.4 is 11.1 Å². The highest BCUT2D eigenvalue weighted by Gasteiger charge is 2.22. The van der Waals surface area contributed by atoms with E-state index in [9.17, 15) is 9.59 Å². The number of nitrogens with zero attached hydrogens (tertiary/aromatic N) is 3. The van der Waals surface area contributed by atoms with Gasteiger partial charge in [-0.3, -0.25) is 4.79 Å². The van der Waals surface area contributed by atoms with Crippen LogP contribution in [0.5, 0.6) is 0 Å². The van der Waals surface area contributed by atoms with E-state index in [4.69, 9.17) is 5.73 Å². The number of methoxy groups -OCH3 is 1. The third kappa shape index (κ3) is 7.86. The van der Waals surface area contributed by atoms with Gasteiger partial charge in [-0.05, 0) is 43.9 Å². The predicted octanol–water partition coefficient (Wildman–Crippen LogP) is 5.98. The molecule has 38 heavy (non-hydrogen) atoms. The van der Waals surface area contributed by atoms with Crippen LogP contribution in [0.3, 0.4) is 0 Å². The number of nitrogens with two attached hydrogens (primary N) is 1. The monoisotopic (exact) mass is 517 g/mol. The molecule has 1 aliphatic rings. The van der Waals surface area contributed by atoms with Gasteiger partial charge in [-0.15, -0.1) is 10.2 Å². The molecule has 3 N–H and O–H groups in total. The second-order valence-corrected chi connectivity index (χ2v) is 10.2. The Hall–Kier alpha value is -3.78. The van der Waals surface area contributed by atoms with Crippen LogP contribution in [-0.4, -0.2) is 47.3 Å². The van der Waals surface area contributed by atoms with Crippen molar-refractivity contribution in [3.63, 3.8) is 0 Å². The number of nitrogens with one attached hydrogen (secondary N) is 1. The van der Waals surface area contributed by atoms with E-state index in [1.165, 1.54) is 33.3 Å². The highest BCUT2D eigenvalue weighted by atomic mass is 16.5. The van der Waals surface area contributed by atoms with Crippen LogP contribution in [0.15, 0.2) is 60.7 Å². The van der Waals surface area contributed by atoms with Crippen molar-refractivity contribution in [2.75, 3.05) is 19.5 Å². The molecule has 1 aliphatic carbocycles. The van der Waals surface area contributed by atoms with E-state index in [2.05, 4.69) is 20.3 Å². The maximum Gasteiger partial charge on any atom is 0.409 e. The van der Waals surface area contributed by atoms with E-state index in [0.29, 0.717) is 11.9 Å². The summed E-state index contributed by atoms with van der Waals surface area (Å²) >= 11 is 0. The van der Waals surface area contributed by atoms with E-state index in [0.717, 1.165) is 40.8 Å². The van der Waals surface area contributed by atoms with Crippen LogP contribution >= 0.6 is 0 Å². The average molecular weight is 518 g/mol. The van der Waals surface area contributed by atoms with E-state index >= 15 is 0 Å². The minimum Gasteiger partial charge on any atom is -0.453 e. The summed E-state index contributed by atoms with van der Waals surface area (Å²) in [6.07, 6.45) is 5.85. The third-order valence-corrected chi connectivity index (χ3v) is 6.67. The van der Waals surface area contributed by atoms with Gasteiger partial charge in [0.15, 0.2) is 5.82 Å². The molecule has 1 saturated carbocycles. The maximum atomic E-state index is 11.4. The first kappa shape index (κ1) is 28.8. The lowest BCUT2D eigenvalue weighted by Crippen LogP contribution is -2.38. The Morgan fingerprint density at radius 2 is 1.61 bits per heavy atom. The highest BCUT2D eigenvalue weighted by Crippen LogP contribution is 2.32. The Bertz CT molecular complexity index is 1200. The van der Waals surface area contributed by atoms with Crippen LogP contribution in [0.1, 0.15) is 58.4 Å². The summed E-state index contributed by atoms with van der Waals surface area (Å²) in [7, 11) is 3.25. The van der Waals surface area contributed by atoms with Crippen molar-refractivity contribution in [1.29, 1.82) is 0 Å². The Labute approximate surface area is 225 Å². The van der Waals surface area contributed by atoms with Gasteiger partial charge < -0.3 is 20.7 Å². The molecule has 8 nitrogen and oxygen atoms in total. The molecule has 0 radical (unpaired) electrons. The van der Waals surface area contributed by atoms with Crippen molar-refractivity contribution in [1.82, 2.24) is 15.1 Å². The van der Waals surface area contributed by atoms with Gasteiger partial charge in [0.25, 0.3) is 0 Å². The zero-order chi connectivity index (χ0) is 27.7. The maximum absolute atomic E-state index is 11.4. The van der Waals surface area contributed by atoms with Crippen molar-refractivity contribution in [2.24, 2.45) is 5.73 Å². The van der Waals surface area contributed by atoms with Crippen molar-refractivity contribution in [3.8, 4) is 22.4 Å². The number of anilines is 1. The van der Waals surface area contributed by atoms with Gasteiger partial charge in [0.05, 0.1) is 7.11 Å². The molecule has 0 bridgehead atoms. The van der Waals surface area contributed by atoms with Crippen molar-refractivity contribution < 1.29 is 14.3 Å². The summed E-state index contributed by atoms with van der Waals surface area (Å²) in [6, 6.07) is 20.2. The number of carbonyl (C=O) groups excluding carboxylic acids is 2. The largest absolute Gasteiger partial charge is 0.453 e.